The van der Waals surface area contributed by atoms with Gasteiger partial charge < -0.3 is 9.72 Å². The number of ether oxygens (including phenoxy) is 1. The lowest BCUT2D eigenvalue weighted by Gasteiger charge is -2.09. The van der Waals surface area contributed by atoms with Gasteiger partial charge in [0.2, 0.25) is 0 Å². The van der Waals surface area contributed by atoms with Crippen molar-refractivity contribution in [2.45, 2.75) is 12.6 Å². The van der Waals surface area contributed by atoms with Gasteiger partial charge in [0.25, 0.3) is 6.43 Å². The average molecular weight is 343 g/mol. The van der Waals surface area contributed by atoms with Crippen LogP contribution in [0.25, 0.3) is 22.3 Å². The molecule has 0 radical (unpaired) electrons. The highest BCUT2D eigenvalue weighted by molar-refractivity contribution is 5.84. The molecule has 24 heavy (non-hydrogen) atoms. The van der Waals surface area contributed by atoms with Crippen molar-refractivity contribution < 1.29 is 26.7 Å². The minimum absolute atomic E-state index is 0.0384. The van der Waals surface area contributed by atoms with E-state index in [2.05, 4.69) is 15.0 Å². The number of hydrogen-bond donors (Lipinski definition) is 1. The molecule has 0 aromatic carbocycles. The maximum Gasteiger partial charge on any atom is 0.433 e. The van der Waals surface area contributed by atoms with E-state index < -0.39 is 24.9 Å². The van der Waals surface area contributed by atoms with Crippen molar-refractivity contribution in [2.75, 3.05) is 6.61 Å². The number of nitrogens with zero attached hydrogens (tertiary/aromatic N) is 2. The Morgan fingerprint density at radius 3 is 2.67 bits per heavy atom. The molecule has 0 bridgehead atoms. The zero-order valence-electron chi connectivity index (χ0n) is 11.9. The molecule has 0 saturated carbocycles. The van der Waals surface area contributed by atoms with Crippen LogP contribution in [0, 0.1) is 0 Å². The summed E-state index contributed by atoms with van der Waals surface area (Å²) in [6, 6.07) is 5.23. The van der Waals surface area contributed by atoms with Crippen LogP contribution in [0.15, 0.2) is 36.7 Å². The van der Waals surface area contributed by atoms with E-state index in [4.69, 9.17) is 4.74 Å². The van der Waals surface area contributed by atoms with Gasteiger partial charge in [0.1, 0.15) is 23.7 Å². The van der Waals surface area contributed by atoms with E-state index in [-0.39, 0.29) is 11.4 Å². The third-order valence-corrected chi connectivity index (χ3v) is 3.21. The number of alkyl halides is 5. The van der Waals surface area contributed by atoms with Gasteiger partial charge in [-0.15, -0.1) is 0 Å². The van der Waals surface area contributed by atoms with Gasteiger partial charge in [-0.25, -0.2) is 13.8 Å². The number of aromatic nitrogens is 3. The van der Waals surface area contributed by atoms with E-state index in [1.54, 1.807) is 6.07 Å². The number of rotatable bonds is 4. The molecule has 0 spiro atoms. The highest BCUT2D eigenvalue weighted by Crippen LogP contribution is 2.33. The zero-order chi connectivity index (χ0) is 17.3. The highest BCUT2D eigenvalue weighted by atomic mass is 19.4. The molecule has 0 atom stereocenters. The predicted molar refractivity (Wildman–Crippen MR) is 75.8 cm³/mol. The molecule has 1 N–H and O–H groups in total. The van der Waals surface area contributed by atoms with E-state index in [0.717, 1.165) is 6.07 Å². The second kappa shape index (κ2) is 6.06. The quantitative estimate of drug-likeness (QED) is 0.719. The van der Waals surface area contributed by atoms with Crippen molar-refractivity contribution >= 4 is 11.0 Å². The first-order valence-electron chi connectivity index (χ1n) is 6.77. The Morgan fingerprint density at radius 2 is 1.96 bits per heavy atom. The van der Waals surface area contributed by atoms with Crippen molar-refractivity contribution in [3.05, 3.63) is 42.4 Å². The van der Waals surface area contributed by atoms with Gasteiger partial charge in [-0.1, -0.05) is 0 Å². The highest BCUT2D eigenvalue weighted by Gasteiger charge is 2.32. The van der Waals surface area contributed by atoms with Crippen LogP contribution in [-0.4, -0.2) is 28.0 Å². The summed E-state index contributed by atoms with van der Waals surface area (Å²) in [5, 5.41) is 0.453. The van der Waals surface area contributed by atoms with Crippen LogP contribution >= 0.6 is 0 Å². The maximum atomic E-state index is 12.7. The Labute approximate surface area is 132 Å². The number of H-pyrrole nitrogens is 1. The predicted octanol–water partition coefficient (Wildman–Crippen LogP) is 4.29. The van der Waals surface area contributed by atoms with Gasteiger partial charge >= 0.3 is 6.18 Å². The van der Waals surface area contributed by atoms with Crippen molar-refractivity contribution in [1.29, 1.82) is 0 Å². The molecule has 3 aromatic rings. The van der Waals surface area contributed by atoms with Crippen LogP contribution in [0.3, 0.4) is 0 Å². The normalized spacial score (nSPS) is 12.1. The van der Waals surface area contributed by atoms with Gasteiger partial charge in [0.05, 0.1) is 11.9 Å². The van der Waals surface area contributed by atoms with Crippen molar-refractivity contribution in [2.24, 2.45) is 0 Å². The number of nitrogens with one attached hydrogen (secondary N) is 1. The summed E-state index contributed by atoms with van der Waals surface area (Å²) < 4.78 is 67.7. The third kappa shape index (κ3) is 3.29. The number of halogens is 5. The molecule has 9 heteroatoms. The lowest BCUT2D eigenvalue weighted by molar-refractivity contribution is -0.141. The summed E-state index contributed by atoms with van der Waals surface area (Å²) in [5.74, 6) is 0.0976. The fourth-order valence-electron chi connectivity index (χ4n) is 2.18. The van der Waals surface area contributed by atoms with Gasteiger partial charge in [-0.05, 0) is 24.3 Å². The first-order valence-corrected chi connectivity index (χ1v) is 6.77. The van der Waals surface area contributed by atoms with Crippen LogP contribution in [0.5, 0.6) is 5.75 Å². The minimum Gasteiger partial charge on any atom is -0.485 e. The largest absolute Gasteiger partial charge is 0.485 e. The molecular formula is C15H10F5N3O. The molecule has 0 aliphatic heterocycles. The van der Waals surface area contributed by atoms with Crippen LogP contribution in [0.2, 0.25) is 0 Å². The molecule has 3 aromatic heterocycles. The van der Waals surface area contributed by atoms with Crippen molar-refractivity contribution in [3.63, 3.8) is 0 Å². The summed E-state index contributed by atoms with van der Waals surface area (Å²) >= 11 is 0. The zero-order valence-corrected chi connectivity index (χ0v) is 11.9. The second-order valence-corrected chi connectivity index (χ2v) is 4.89. The van der Waals surface area contributed by atoms with Crippen molar-refractivity contribution in [1.82, 2.24) is 15.0 Å². The molecule has 0 saturated heterocycles. The second-order valence-electron chi connectivity index (χ2n) is 4.89. The first kappa shape index (κ1) is 16.2. The molecule has 4 nitrogen and oxygen atoms in total. The molecule has 0 unspecified atom stereocenters. The lowest BCUT2D eigenvalue weighted by atomic mass is 10.1. The van der Waals surface area contributed by atoms with Gasteiger partial charge in [-0.3, -0.25) is 4.98 Å². The van der Waals surface area contributed by atoms with Crippen LogP contribution in [-0.2, 0) is 6.18 Å². The summed E-state index contributed by atoms with van der Waals surface area (Å²) in [6.45, 7) is -0.810. The smallest absolute Gasteiger partial charge is 0.433 e. The van der Waals surface area contributed by atoms with E-state index in [1.165, 1.54) is 24.5 Å². The first-order chi connectivity index (χ1) is 11.3. The summed E-state index contributed by atoms with van der Waals surface area (Å²) in [5.41, 5.74) is -0.190. The van der Waals surface area contributed by atoms with E-state index in [1.807, 2.05) is 0 Å². The summed E-state index contributed by atoms with van der Waals surface area (Å²) in [6.07, 6.45) is -4.53. The Bertz CT molecular complexity index is 860. The minimum atomic E-state index is -4.55. The number of fused-ring (bicyclic) bond motifs is 1. The van der Waals surface area contributed by atoms with Crippen LogP contribution < -0.4 is 4.74 Å². The Hall–Kier alpha value is -2.71. The number of aromatic amines is 1. The standard InChI is InChI=1S/C15H10F5N3O/c16-13(17)7-24-11-6-21-4-3-9(11)10-5-8-1-2-12(15(18,19)20)23-14(8)22-10/h1-6,13H,7H2,(H,22,23). The molecule has 3 rings (SSSR count). The molecule has 0 aliphatic rings. The van der Waals surface area contributed by atoms with Crippen LogP contribution in [0.1, 0.15) is 5.69 Å². The topological polar surface area (TPSA) is 50.8 Å². The number of pyridine rings is 2. The lowest BCUT2D eigenvalue weighted by Crippen LogP contribution is -2.08. The van der Waals surface area contributed by atoms with Gasteiger partial charge in [-0.2, -0.15) is 13.2 Å². The SMILES string of the molecule is FC(F)COc1cnccc1-c1cc2ccc(C(F)(F)F)nc2[nH]1. The maximum absolute atomic E-state index is 12.7. The van der Waals surface area contributed by atoms with Gasteiger partial charge in [0.15, 0.2) is 0 Å². The van der Waals surface area contributed by atoms with Crippen LogP contribution in [0.4, 0.5) is 22.0 Å². The fourth-order valence-corrected chi connectivity index (χ4v) is 2.18. The Morgan fingerprint density at radius 1 is 1.17 bits per heavy atom. The molecule has 3 heterocycles. The molecule has 0 amide bonds. The third-order valence-electron chi connectivity index (χ3n) is 3.21. The summed E-state index contributed by atoms with van der Waals surface area (Å²) in [4.78, 5) is 10.1. The average Bonchev–Trinajstić information content (AvgIpc) is 2.95. The van der Waals surface area contributed by atoms with Crippen molar-refractivity contribution in [3.8, 4) is 17.0 Å². The monoisotopic (exact) mass is 343 g/mol. The molecule has 0 aliphatic carbocycles. The van der Waals surface area contributed by atoms with E-state index >= 15 is 0 Å². The molecular weight excluding hydrogens is 333 g/mol. The molecule has 126 valence electrons. The fraction of sp³-hybridized carbons (Fsp3) is 0.200. The molecule has 0 fully saturated rings. The number of hydrogen-bond acceptors (Lipinski definition) is 3. The van der Waals surface area contributed by atoms with Gasteiger partial charge in [0, 0.05) is 17.1 Å². The Balaban J connectivity index is 2.01. The Kier molecular flexibility index (Phi) is 4.08. The van der Waals surface area contributed by atoms with E-state index in [9.17, 15) is 22.0 Å². The summed E-state index contributed by atoms with van der Waals surface area (Å²) in [7, 11) is 0. The van der Waals surface area contributed by atoms with E-state index in [0.29, 0.717) is 16.6 Å².